The molecule has 0 aromatic heterocycles. The summed E-state index contributed by atoms with van der Waals surface area (Å²) in [5.41, 5.74) is 8.39. The van der Waals surface area contributed by atoms with E-state index >= 15 is 0 Å². The molecule has 0 aliphatic heterocycles. The van der Waals surface area contributed by atoms with Gasteiger partial charge in [0.25, 0.3) is 0 Å². The van der Waals surface area contributed by atoms with Crippen LogP contribution in [0.25, 0.3) is 0 Å². The van der Waals surface area contributed by atoms with E-state index in [1.54, 1.807) is 5.57 Å². The molecule has 0 heterocycles. The minimum atomic E-state index is 0.666. The van der Waals surface area contributed by atoms with Gasteiger partial charge in [0.2, 0.25) is 0 Å². The average molecular weight is 403 g/mol. The van der Waals surface area contributed by atoms with Crippen molar-refractivity contribution in [3.8, 4) is 0 Å². The van der Waals surface area contributed by atoms with Crippen molar-refractivity contribution in [1.29, 1.82) is 0 Å². The van der Waals surface area contributed by atoms with Crippen LogP contribution in [-0.2, 0) is 6.42 Å². The largest absolute Gasteiger partial charge is 0.0955 e. The third-order valence-electron chi connectivity index (χ3n) is 6.68. The molecule has 0 N–H and O–H groups in total. The maximum absolute atomic E-state index is 4.31. The van der Waals surface area contributed by atoms with Crippen LogP contribution in [0.5, 0.6) is 0 Å². The smallest absolute Gasteiger partial charge is 0.0121 e. The van der Waals surface area contributed by atoms with E-state index in [-0.39, 0.29) is 0 Å². The number of hydrogen-bond acceptors (Lipinski definition) is 0. The van der Waals surface area contributed by atoms with Gasteiger partial charge in [0, 0.05) is 0 Å². The van der Waals surface area contributed by atoms with E-state index < -0.39 is 0 Å². The van der Waals surface area contributed by atoms with Gasteiger partial charge in [0.1, 0.15) is 0 Å². The predicted molar refractivity (Wildman–Crippen MR) is 135 cm³/mol. The van der Waals surface area contributed by atoms with Gasteiger partial charge in [0.15, 0.2) is 0 Å². The molecule has 0 saturated heterocycles. The van der Waals surface area contributed by atoms with Crippen molar-refractivity contribution in [3.63, 3.8) is 0 Å². The van der Waals surface area contributed by atoms with Gasteiger partial charge in [-0.05, 0) is 112 Å². The molecule has 0 radical (unpaired) electrons. The maximum Gasteiger partial charge on any atom is -0.0121 e. The summed E-state index contributed by atoms with van der Waals surface area (Å²) in [4.78, 5) is 0. The highest BCUT2D eigenvalue weighted by Crippen LogP contribution is 2.41. The van der Waals surface area contributed by atoms with E-state index in [0.717, 1.165) is 17.9 Å². The number of hydrogen-bond donors (Lipinski definition) is 0. The molecule has 2 rings (SSSR count). The molecular formula is C30H42. The molecular weight excluding hydrogens is 360 g/mol. The summed E-state index contributed by atoms with van der Waals surface area (Å²) in [6.07, 6.45) is 18.0. The number of benzene rings is 1. The number of aryl methyl sites for hydroxylation is 1. The molecule has 1 saturated carbocycles. The second-order valence-corrected chi connectivity index (χ2v) is 8.72. The predicted octanol–water partition coefficient (Wildman–Crippen LogP) is 9.18. The van der Waals surface area contributed by atoms with Crippen molar-refractivity contribution >= 4 is 0 Å². The summed E-state index contributed by atoms with van der Waals surface area (Å²) in [5, 5.41) is 0. The van der Waals surface area contributed by atoms with Crippen molar-refractivity contribution in [1.82, 2.24) is 0 Å². The second kappa shape index (κ2) is 12.6. The molecule has 30 heavy (non-hydrogen) atoms. The van der Waals surface area contributed by atoms with E-state index in [4.69, 9.17) is 0 Å². The zero-order valence-electron chi connectivity index (χ0n) is 20.0. The van der Waals surface area contributed by atoms with Gasteiger partial charge in [-0.25, -0.2) is 0 Å². The fourth-order valence-corrected chi connectivity index (χ4v) is 5.01. The molecule has 1 fully saturated rings. The lowest BCUT2D eigenvalue weighted by molar-refractivity contribution is 0.289. The first-order valence-electron chi connectivity index (χ1n) is 11.9. The van der Waals surface area contributed by atoms with Gasteiger partial charge in [0.05, 0.1) is 0 Å². The summed E-state index contributed by atoms with van der Waals surface area (Å²) in [6, 6.07) is 11.0. The zero-order valence-corrected chi connectivity index (χ0v) is 20.0. The quantitative estimate of drug-likeness (QED) is 0.361. The molecule has 1 aliphatic carbocycles. The van der Waals surface area contributed by atoms with Crippen molar-refractivity contribution < 1.29 is 0 Å². The van der Waals surface area contributed by atoms with Crippen molar-refractivity contribution in [2.24, 2.45) is 11.8 Å². The first kappa shape index (κ1) is 24.2. The molecule has 0 heteroatoms. The molecule has 0 spiro atoms. The van der Waals surface area contributed by atoms with Gasteiger partial charge in [-0.15, -0.1) is 0 Å². The standard InChI is InChI=1S/C30H42/c1-7-14-29(23(5)6)30(26(8-2)9-3)28(10-4)27-21-19-25(20-22-27)18-17-24-15-12-11-13-16-24/h7-8,10-16,25,27H,5,9,17-22H2,1-4,6H3/b14-7-,26-8?,28-10-,30-29+. The van der Waals surface area contributed by atoms with E-state index in [2.05, 4.69) is 95.8 Å². The maximum atomic E-state index is 4.31. The topological polar surface area (TPSA) is 0 Å². The van der Waals surface area contributed by atoms with Gasteiger partial charge in [-0.2, -0.15) is 0 Å². The minimum absolute atomic E-state index is 0.666. The van der Waals surface area contributed by atoms with Crippen LogP contribution in [-0.4, -0.2) is 0 Å². The highest BCUT2D eigenvalue weighted by molar-refractivity contribution is 5.58. The Morgan fingerprint density at radius 1 is 1.00 bits per heavy atom. The van der Waals surface area contributed by atoms with Crippen LogP contribution in [0.2, 0.25) is 0 Å². The summed E-state index contributed by atoms with van der Waals surface area (Å²) in [6.45, 7) is 15.2. The fourth-order valence-electron chi connectivity index (χ4n) is 5.01. The normalized spacial score (nSPS) is 21.6. The molecule has 0 amide bonds. The molecule has 1 aromatic rings. The SMILES string of the molecule is C=C(C)C(/C=C\C)=C(C(=CC)CC)/C(=C\C)C1CCC(CCc2ccccc2)CC1. The Morgan fingerprint density at radius 2 is 1.67 bits per heavy atom. The Bertz CT molecular complexity index is 790. The third-order valence-corrected chi connectivity index (χ3v) is 6.68. The zero-order chi connectivity index (χ0) is 21.9. The third kappa shape index (κ3) is 6.46. The first-order valence-corrected chi connectivity index (χ1v) is 11.9. The van der Waals surface area contributed by atoms with Gasteiger partial charge in [-0.1, -0.05) is 73.7 Å². The monoisotopic (exact) mass is 402 g/mol. The Hall–Kier alpha value is -2.08. The van der Waals surface area contributed by atoms with Crippen LogP contribution in [0.1, 0.15) is 78.7 Å². The van der Waals surface area contributed by atoms with Crippen molar-refractivity contribution in [2.45, 2.75) is 79.6 Å². The Balaban J connectivity index is 2.17. The Kier molecular flexibility index (Phi) is 10.1. The minimum Gasteiger partial charge on any atom is -0.0955 e. The lowest BCUT2D eigenvalue weighted by Gasteiger charge is -2.33. The number of rotatable bonds is 9. The second-order valence-electron chi connectivity index (χ2n) is 8.72. The average Bonchev–Trinajstić information content (AvgIpc) is 2.77. The highest BCUT2D eigenvalue weighted by Gasteiger charge is 2.27. The van der Waals surface area contributed by atoms with Crippen LogP contribution in [0.4, 0.5) is 0 Å². The van der Waals surface area contributed by atoms with Crippen LogP contribution in [0.15, 0.2) is 89.1 Å². The summed E-state index contributed by atoms with van der Waals surface area (Å²) >= 11 is 0. The molecule has 0 nitrogen and oxygen atoms in total. The van der Waals surface area contributed by atoms with Crippen LogP contribution in [0, 0.1) is 11.8 Å². The van der Waals surface area contributed by atoms with Crippen LogP contribution in [0.3, 0.4) is 0 Å². The van der Waals surface area contributed by atoms with E-state index in [1.807, 2.05) is 0 Å². The summed E-state index contributed by atoms with van der Waals surface area (Å²) in [5.74, 6) is 1.54. The van der Waals surface area contributed by atoms with E-state index in [0.29, 0.717) is 5.92 Å². The van der Waals surface area contributed by atoms with E-state index in [1.165, 1.54) is 60.8 Å². The van der Waals surface area contributed by atoms with Crippen molar-refractivity contribution in [3.05, 3.63) is 94.6 Å². The molecule has 1 aliphatic rings. The van der Waals surface area contributed by atoms with Gasteiger partial charge < -0.3 is 0 Å². The van der Waals surface area contributed by atoms with Crippen LogP contribution < -0.4 is 0 Å². The van der Waals surface area contributed by atoms with Crippen molar-refractivity contribution in [2.75, 3.05) is 0 Å². The lowest BCUT2D eigenvalue weighted by Crippen LogP contribution is -2.19. The molecule has 0 bridgehead atoms. The van der Waals surface area contributed by atoms with Crippen LogP contribution >= 0.6 is 0 Å². The lowest BCUT2D eigenvalue weighted by atomic mass is 9.72. The Morgan fingerprint density at radius 3 is 2.17 bits per heavy atom. The highest BCUT2D eigenvalue weighted by atomic mass is 14.3. The molecule has 0 unspecified atom stereocenters. The fraction of sp³-hybridized carbons (Fsp3) is 0.467. The molecule has 1 aromatic carbocycles. The van der Waals surface area contributed by atoms with Gasteiger partial charge in [-0.3, -0.25) is 0 Å². The first-order chi connectivity index (χ1) is 14.5. The van der Waals surface area contributed by atoms with E-state index in [9.17, 15) is 0 Å². The number of allylic oxidation sites excluding steroid dienone is 9. The molecule has 162 valence electrons. The Labute approximate surface area is 186 Å². The molecule has 0 atom stereocenters. The summed E-state index contributed by atoms with van der Waals surface area (Å²) < 4.78 is 0. The summed E-state index contributed by atoms with van der Waals surface area (Å²) in [7, 11) is 0. The van der Waals surface area contributed by atoms with Gasteiger partial charge >= 0.3 is 0 Å².